The van der Waals surface area contributed by atoms with Crippen LogP contribution in [-0.2, 0) is 13.6 Å². The van der Waals surface area contributed by atoms with Crippen molar-refractivity contribution in [3.63, 3.8) is 0 Å². The van der Waals surface area contributed by atoms with Gasteiger partial charge in [0, 0.05) is 0 Å². The minimum absolute atomic E-state index is 0. The van der Waals surface area contributed by atoms with E-state index in [2.05, 4.69) is 9.05 Å². The molecule has 0 fully saturated rings. The summed E-state index contributed by atoms with van der Waals surface area (Å²) in [6.07, 6.45) is 0. The third kappa shape index (κ3) is 18.0. The first-order chi connectivity index (χ1) is 5.12. The van der Waals surface area contributed by atoms with Crippen LogP contribution in [0.5, 0.6) is 0 Å². The molecule has 0 atom stereocenters. The molecule has 0 aromatic carbocycles. The maximum atomic E-state index is 10.6. The van der Waals surface area contributed by atoms with E-state index in [-0.39, 0.29) is 137 Å². The Labute approximate surface area is 170 Å². The molecule has 0 bridgehead atoms. The summed E-state index contributed by atoms with van der Waals surface area (Å²) in [4.78, 5) is 8.67. The molecule has 0 aromatic rings. The second-order valence-electron chi connectivity index (χ2n) is 1.58. The Kier molecular flexibility index (Phi) is 31.3. The Bertz CT molecular complexity index is 138. The average molecular weight is 274 g/mol. The number of phosphoric acid groups is 1. The number of aliphatic hydroxyl groups excluding tert-OH is 2. The summed E-state index contributed by atoms with van der Waals surface area (Å²) >= 11 is 0. The van der Waals surface area contributed by atoms with E-state index in [9.17, 15) is 4.57 Å². The molecule has 74 valence electrons. The third-order valence-electron chi connectivity index (χ3n) is 0.691. The summed E-state index contributed by atoms with van der Waals surface area (Å²) in [5.41, 5.74) is 0. The number of hydrogen-bond donors (Lipinski definition) is 3. The van der Waals surface area contributed by atoms with Crippen LogP contribution in [0.2, 0.25) is 0 Å². The van der Waals surface area contributed by atoms with Gasteiger partial charge in [-0.2, -0.15) is 0 Å². The van der Waals surface area contributed by atoms with Crippen molar-refractivity contribution in [3.8, 4) is 0 Å². The number of aliphatic hydroxyl groups is 2. The molecule has 0 rings (SSSR count). The molecule has 14 heavy (non-hydrogen) atoms. The molecule has 0 aliphatic rings. The summed E-state index contributed by atoms with van der Waals surface area (Å²) in [5.74, 6) is 0. The Morgan fingerprint density at radius 3 is 1.50 bits per heavy atom. The van der Waals surface area contributed by atoms with Crippen molar-refractivity contribution in [2.75, 3.05) is 26.4 Å². The van der Waals surface area contributed by atoms with Crippen LogP contribution in [0.15, 0.2) is 0 Å². The molecule has 0 aromatic heterocycles. The summed E-state index contributed by atoms with van der Waals surface area (Å²) in [5, 5.41) is 16.4. The fourth-order valence-electron chi connectivity index (χ4n) is 0.350. The predicted molar refractivity (Wildman–Crippen MR) is 57.3 cm³/mol. The molecule has 0 saturated heterocycles. The van der Waals surface area contributed by atoms with Gasteiger partial charge >= 0.3 is 118 Å². The third-order valence-corrected chi connectivity index (χ3v) is 1.71. The SMILES string of the molecule is O=P(O)(OCCO)OCCO.[KH].[NaH].[NaH]. The van der Waals surface area contributed by atoms with Crippen molar-refractivity contribution < 1.29 is 28.7 Å². The van der Waals surface area contributed by atoms with Crippen molar-refractivity contribution in [1.82, 2.24) is 0 Å². The van der Waals surface area contributed by atoms with Gasteiger partial charge in [-0.15, -0.1) is 0 Å². The zero-order valence-corrected chi connectivity index (χ0v) is 6.74. The molecule has 3 N–H and O–H groups in total. The quantitative estimate of drug-likeness (QED) is 0.357. The number of rotatable bonds is 6. The molecule has 0 radical (unpaired) electrons. The van der Waals surface area contributed by atoms with Crippen molar-refractivity contribution in [2.24, 2.45) is 0 Å². The van der Waals surface area contributed by atoms with E-state index in [0.717, 1.165) is 0 Å². The molecule has 0 amide bonds. The molecule has 0 aliphatic carbocycles. The topological polar surface area (TPSA) is 96.2 Å². The second-order valence-corrected chi connectivity index (χ2v) is 3.04. The summed E-state index contributed by atoms with van der Waals surface area (Å²) in [7, 11) is -4.05. The molecule has 0 unspecified atom stereocenters. The van der Waals surface area contributed by atoms with Crippen molar-refractivity contribution in [1.29, 1.82) is 0 Å². The fraction of sp³-hybridized carbons (Fsp3) is 1.00. The van der Waals surface area contributed by atoms with Gasteiger partial charge in [0.2, 0.25) is 0 Å². The normalized spacial score (nSPS) is 9.36. The Morgan fingerprint density at radius 1 is 1.00 bits per heavy atom. The Balaban J connectivity index is -0.000000167. The van der Waals surface area contributed by atoms with E-state index in [1.165, 1.54) is 0 Å². The standard InChI is InChI=1S/C4H11O6P.K.2Na.3H/c5-1-3-9-11(7,8)10-4-2-6;;;;;;/h5-6H,1-4H2,(H,7,8);;;;;;. The average Bonchev–Trinajstić information content (AvgIpc) is 1.97. The molecule has 0 heterocycles. The van der Waals surface area contributed by atoms with Crippen molar-refractivity contribution in [2.45, 2.75) is 0 Å². The first-order valence-electron chi connectivity index (χ1n) is 2.96. The van der Waals surface area contributed by atoms with Gasteiger partial charge in [-0.25, -0.2) is 4.57 Å². The molecule has 0 spiro atoms. The molecule has 0 aliphatic heterocycles. The van der Waals surface area contributed by atoms with E-state index < -0.39 is 7.82 Å². The van der Waals surface area contributed by atoms with E-state index in [4.69, 9.17) is 15.1 Å². The number of phosphoric ester groups is 1. The monoisotopic (exact) mass is 274 g/mol. The van der Waals surface area contributed by atoms with Crippen LogP contribution in [-0.4, -0.2) is 152 Å². The Hall–Kier alpha value is 3.67. The van der Waals surface area contributed by atoms with Gasteiger partial charge in [-0.05, 0) is 0 Å². The van der Waals surface area contributed by atoms with Gasteiger partial charge in [0.1, 0.15) is 0 Å². The van der Waals surface area contributed by atoms with Gasteiger partial charge in [0.15, 0.2) is 0 Å². The second kappa shape index (κ2) is 16.7. The van der Waals surface area contributed by atoms with Crippen LogP contribution in [0.1, 0.15) is 0 Å². The molecule has 10 heteroatoms. The van der Waals surface area contributed by atoms with E-state index in [1.54, 1.807) is 0 Å². The van der Waals surface area contributed by atoms with E-state index in [0.29, 0.717) is 0 Å². The number of hydrogen-bond acceptors (Lipinski definition) is 5. The van der Waals surface area contributed by atoms with Gasteiger partial charge in [-0.1, -0.05) is 0 Å². The summed E-state index contributed by atoms with van der Waals surface area (Å²) < 4.78 is 19.0. The van der Waals surface area contributed by atoms with E-state index in [1.807, 2.05) is 0 Å². The van der Waals surface area contributed by atoms with Crippen LogP contribution in [0.4, 0.5) is 0 Å². The zero-order chi connectivity index (χ0) is 8.74. The van der Waals surface area contributed by atoms with Crippen molar-refractivity contribution >= 4 is 118 Å². The van der Waals surface area contributed by atoms with Gasteiger partial charge < -0.3 is 15.1 Å². The van der Waals surface area contributed by atoms with Crippen LogP contribution < -0.4 is 0 Å². The van der Waals surface area contributed by atoms with Crippen LogP contribution in [0, 0.1) is 0 Å². The first kappa shape index (κ1) is 26.3. The predicted octanol–water partition coefficient (Wildman–Crippen LogP) is -2.84. The maximum absolute atomic E-state index is 10.6. The van der Waals surface area contributed by atoms with E-state index >= 15 is 0 Å². The molecular weight excluding hydrogens is 260 g/mol. The zero-order valence-electron chi connectivity index (χ0n) is 5.84. The first-order valence-corrected chi connectivity index (χ1v) is 4.45. The molecular formula is C4H14KNa2O6P. The Morgan fingerprint density at radius 2 is 1.29 bits per heavy atom. The van der Waals surface area contributed by atoms with Gasteiger partial charge in [0.25, 0.3) is 0 Å². The van der Waals surface area contributed by atoms with Gasteiger partial charge in [-0.3, -0.25) is 9.05 Å². The minimum atomic E-state index is -4.05. The summed E-state index contributed by atoms with van der Waals surface area (Å²) in [6, 6.07) is 0. The van der Waals surface area contributed by atoms with Gasteiger partial charge in [0.05, 0.1) is 26.4 Å². The summed E-state index contributed by atoms with van der Waals surface area (Å²) in [6.45, 7) is -1.24. The van der Waals surface area contributed by atoms with Crippen LogP contribution >= 0.6 is 7.82 Å². The molecule has 6 nitrogen and oxygen atoms in total. The fourth-order valence-corrected chi connectivity index (χ4v) is 1.05. The molecule has 0 saturated carbocycles. The van der Waals surface area contributed by atoms with Crippen molar-refractivity contribution in [3.05, 3.63) is 0 Å². The van der Waals surface area contributed by atoms with Crippen LogP contribution in [0.3, 0.4) is 0 Å². The van der Waals surface area contributed by atoms with Crippen LogP contribution in [0.25, 0.3) is 0 Å².